The summed E-state index contributed by atoms with van der Waals surface area (Å²) >= 11 is 0. The molecule has 0 N–H and O–H groups in total. The third kappa shape index (κ3) is 0.967. The van der Waals surface area contributed by atoms with Gasteiger partial charge in [0.1, 0.15) is 5.92 Å². The maximum atomic E-state index is 11.4. The van der Waals surface area contributed by atoms with Gasteiger partial charge >= 0.3 is 5.97 Å². The summed E-state index contributed by atoms with van der Waals surface area (Å²) in [5, 5.41) is 0. The summed E-state index contributed by atoms with van der Waals surface area (Å²) in [6.45, 7) is 0. The number of hydrogen-bond donors (Lipinski definition) is 0. The maximum absolute atomic E-state index is 11.4. The van der Waals surface area contributed by atoms with E-state index in [0.29, 0.717) is 5.56 Å². The van der Waals surface area contributed by atoms with Crippen molar-refractivity contribution in [3.63, 3.8) is 0 Å². The number of carbonyl (C=O) groups is 2. The second kappa shape index (κ2) is 2.69. The van der Waals surface area contributed by atoms with Crippen molar-refractivity contribution in [3.05, 3.63) is 35.4 Å². The molecule has 0 saturated carbocycles. The SMILES string of the molecule is COC(=O)C1C(=O)c2ccccc21. The molecular weight excluding hydrogens is 168 g/mol. The van der Waals surface area contributed by atoms with Crippen molar-refractivity contribution in [1.82, 2.24) is 0 Å². The Morgan fingerprint density at radius 3 is 2.77 bits per heavy atom. The van der Waals surface area contributed by atoms with Crippen molar-refractivity contribution < 1.29 is 14.3 Å². The lowest BCUT2D eigenvalue weighted by molar-refractivity contribution is -0.141. The van der Waals surface area contributed by atoms with Crippen LogP contribution in [0.4, 0.5) is 0 Å². The fraction of sp³-hybridized carbons (Fsp3) is 0.200. The molecule has 0 aliphatic heterocycles. The molecule has 1 aliphatic carbocycles. The molecule has 3 heteroatoms. The number of hydrogen-bond acceptors (Lipinski definition) is 3. The lowest BCUT2D eigenvalue weighted by atomic mass is 9.76. The zero-order valence-electron chi connectivity index (χ0n) is 7.11. The molecule has 0 spiro atoms. The minimum absolute atomic E-state index is 0.137. The molecule has 2 rings (SSSR count). The molecule has 0 heterocycles. The number of rotatable bonds is 1. The topological polar surface area (TPSA) is 43.4 Å². The van der Waals surface area contributed by atoms with E-state index >= 15 is 0 Å². The summed E-state index contributed by atoms with van der Waals surface area (Å²) < 4.78 is 4.52. The van der Waals surface area contributed by atoms with Gasteiger partial charge in [-0.2, -0.15) is 0 Å². The first kappa shape index (κ1) is 7.98. The lowest BCUT2D eigenvalue weighted by Crippen LogP contribution is -2.33. The minimum atomic E-state index is -0.679. The molecule has 0 aromatic heterocycles. The van der Waals surface area contributed by atoms with Gasteiger partial charge in [-0.15, -0.1) is 0 Å². The van der Waals surface area contributed by atoms with E-state index in [1.165, 1.54) is 7.11 Å². The number of carbonyl (C=O) groups excluding carboxylic acids is 2. The van der Waals surface area contributed by atoms with Crippen molar-refractivity contribution in [2.24, 2.45) is 0 Å². The minimum Gasteiger partial charge on any atom is -0.468 e. The lowest BCUT2D eigenvalue weighted by Gasteiger charge is -2.25. The first-order valence-electron chi connectivity index (χ1n) is 3.96. The van der Waals surface area contributed by atoms with Gasteiger partial charge in [0, 0.05) is 5.56 Å². The van der Waals surface area contributed by atoms with Crippen molar-refractivity contribution in [3.8, 4) is 0 Å². The van der Waals surface area contributed by atoms with E-state index in [4.69, 9.17) is 0 Å². The normalized spacial score (nSPS) is 18.8. The summed E-state index contributed by atoms with van der Waals surface area (Å²) in [5.41, 5.74) is 1.41. The molecule has 3 nitrogen and oxygen atoms in total. The second-order valence-corrected chi connectivity index (χ2v) is 2.91. The van der Waals surface area contributed by atoms with Crippen molar-refractivity contribution in [2.75, 3.05) is 7.11 Å². The Balaban J connectivity index is 2.40. The zero-order chi connectivity index (χ0) is 9.42. The molecule has 0 bridgehead atoms. The summed E-state index contributed by atoms with van der Waals surface area (Å²) in [6, 6.07) is 7.08. The predicted molar refractivity (Wildman–Crippen MR) is 45.5 cm³/mol. The second-order valence-electron chi connectivity index (χ2n) is 2.91. The molecule has 0 amide bonds. The first-order chi connectivity index (χ1) is 6.25. The molecule has 1 unspecified atom stereocenters. The molecule has 0 radical (unpaired) electrons. The Morgan fingerprint density at radius 2 is 2.08 bits per heavy atom. The summed E-state index contributed by atoms with van der Waals surface area (Å²) in [7, 11) is 1.29. The van der Waals surface area contributed by atoms with E-state index in [9.17, 15) is 9.59 Å². The highest BCUT2D eigenvalue weighted by molar-refractivity contribution is 6.21. The van der Waals surface area contributed by atoms with Crippen molar-refractivity contribution >= 4 is 11.8 Å². The van der Waals surface area contributed by atoms with E-state index in [2.05, 4.69) is 4.74 Å². The monoisotopic (exact) mass is 176 g/mol. The van der Waals surface area contributed by atoms with Gasteiger partial charge in [-0.25, -0.2) is 0 Å². The average molecular weight is 176 g/mol. The van der Waals surface area contributed by atoms with Crippen LogP contribution in [0.15, 0.2) is 24.3 Å². The smallest absolute Gasteiger partial charge is 0.321 e. The van der Waals surface area contributed by atoms with E-state index in [-0.39, 0.29) is 5.78 Å². The Kier molecular flexibility index (Phi) is 1.65. The van der Waals surface area contributed by atoms with Crippen molar-refractivity contribution in [1.29, 1.82) is 0 Å². The molecular formula is C10H8O3. The highest BCUT2D eigenvalue weighted by Gasteiger charge is 2.41. The largest absolute Gasteiger partial charge is 0.468 e. The fourth-order valence-corrected chi connectivity index (χ4v) is 1.54. The van der Waals surface area contributed by atoms with E-state index in [1.807, 2.05) is 0 Å². The van der Waals surface area contributed by atoms with Gasteiger partial charge in [-0.3, -0.25) is 9.59 Å². The first-order valence-corrected chi connectivity index (χ1v) is 3.96. The predicted octanol–water partition coefficient (Wildman–Crippen LogP) is 1.14. The number of fused-ring (bicyclic) bond motifs is 1. The molecule has 1 aliphatic rings. The average Bonchev–Trinajstić information content (AvgIpc) is 2.17. The maximum Gasteiger partial charge on any atom is 0.321 e. The third-order valence-corrected chi connectivity index (χ3v) is 2.24. The number of ether oxygens (including phenoxy) is 1. The third-order valence-electron chi connectivity index (χ3n) is 2.24. The Bertz CT molecular complexity index is 382. The van der Waals surface area contributed by atoms with Gasteiger partial charge in [0.15, 0.2) is 5.78 Å². The molecule has 1 atom stereocenters. The number of Topliss-reactive ketones (excluding diaryl/α,β-unsaturated/α-hetero) is 1. The van der Waals surface area contributed by atoms with Gasteiger partial charge in [0.05, 0.1) is 7.11 Å². The number of esters is 1. The van der Waals surface area contributed by atoms with Crippen LogP contribution in [0.25, 0.3) is 0 Å². The van der Waals surface area contributed by atoms with Crippen LogP contribution in [0.5, 0.6) is 0 Å². The highest BCUT2D eigenvalue weighted by atomic mass is 16.5. The van der Waals surface area contributed by atoms with Crippen LogP contribution in [-0.2, 0) is 9.53 Å². The van der Waals surface area contributed by atoms with Gasteiger partial charge in [0.25, 0.3) is 0 Å². The van der Waals surface area contributed by atoms with Gasteiger partial charge in [-0.05, 0) is 5.56 Å². The van der Waals surface area contributed by atoms with Crippen LogP contribution in [0.1, 0.15) is 21.8 Å². The molecule has 0 fully saturated rings. The molecule has 1 aromatic rings. The summed E-state index contributed by atoms with van der Waals surface area (Å²) in [4.78, 5) is 22.5. The van der Waals surface area contributed by atoms with Gasteiger partial charge in [0.2, 0.25) is 0 Å². The van der Waals surface area contributed by atoms with E-state index < -0.39 is 11.9 Å². The molecule has 13 heavy (non-hydrogen) atoms. The van der Waals surface area contributed by atoms with Gasteiger partial charge in [-0.1, -0.05) is 24.3 Å². The number of methoxy groups -OCH3 is 1. The Morgan fingerprint density at radius 1 is 1.38 bits per heavy atom. The summed E-state index contributed by atoms with van der Waals surface area (Å²) in [5.74, 6) is -1.28. The number of ketones is 1. The molecule has 0 saturated heterocycles. The van der Waals surface area contributed by atoms with E-state index in [1.54, 1.807) is 24.3 Å². The Hall–Kier alpha value is -1.64. The van der Waals surface area contributed by atoms with E-state index in [0.717, 1.165) is 5.56 Å². The van der Waals surface area contributed by atoms with Crippen molar-refractivity contribution in [2.45, 2.75) is 5.92 Å². The van der Waals surface area contributed by atoms with Crippen LogP contribution < -0.4 is 0 Å². The van der Waals surface area contributed by atoms with Gasteiger partial charge < -0.3 is 4.74 Å². The Labute approximate surface area is 75.3 Å². The molecule has 1 aromatic carbocycles. The summed E-state index contributed by atoms with van der Waals surface area (Å²) in [6.07, 6.45) is 0. The molecule has 66 valence electrons. The number of benzene rings is 1. The van der Waals surface area contributed by atoms with Crippen LogP contribution >= 0.6 is 0 Å². The van der Waals surface area contributed by atoms with Crippen LogP contribution in [0.3, 0.4) is 0 Å². The zero-order valence-corrected chi connectivity index (χ0v) is 7.11. The van der Waals surface area contributed by atoms with Crippen LogP contribution in [0.2, 0.25) is 0 Å². The van der Waals surface area contributed by atoms with Crippen LogP contribution in [0, 0.1) is 0 Å². The highest BCUT2D eigenvalue weighted by Crippen LogP contribution is 2.35. The quantitative estimate of drug-likeness (QED) is 0.476. The van der Waals surface area contributed by atoms with Crippen LogP contribution in [-0.4, -0.2) is 18.9 Å². The standard InChI is InChI=1S/C10H8O3/c1-13-10(12)8-6-4-2-3-5-7(6)9(8)11/h2-5,8H,1H3. The fourth-order valence-electron chi connectivity index (χ4n) is 1.54.